The third kappa shape index (κ3) is 1.34. The summed E-state index contributed by atoms with van der Waals surface area (Å²) in [7, 11) is 0. The third-order valence-corrected chi connectivity index (χ3v) is 3.03. The van der Waals surface area contributed by atoms with Crippen LogP contribution in [0.15, 0.2) is 15.7 Å². The lowest BCUT2D eigenvalue weighted by Crippen LogP contribution is -2.16. The highest BCUT2D eigenvalue weighted by Crippen LogP contribution is 2.36. The minimum Gasteiger partial charge on any atom is -0.339 e. The van der Waals surface area contributed by atoms with Gasteiger partial charge in [0.25, 0.3) is 0 Å². The molecule has 0 amide bonds. The first kappa shape index (κ1) is 8.90. The van der Waals surface area contributed by atoms with E-state index in [4.69, 9.17) is 0 Å². The van der Waals surface area contributed by atoms with Crippen LogP contribution in [-0.2, 0) is 0 Å². The summed E-state index contributed by atoms with van der Waals surface area (Å²) in [6.07, 6.45) is 3.64. The molecule has 1 aliphatic carbocycles. The fraction of sp³-hybridized carbons (Fsp3) is 0.375. The first-order chi connectivity index (χ1) is 7.27. The van der Waals surface area contributed by atoms with Crippen molar-refractivity contribution in [2.75, 3.05) is 0 Å². The van der Waals surface area contributed by atoms with E-state index in [1.807, 2.05) is 0 Å². The van der Waals surface area contributed by atoms with E-state index in [-0.39, 0.29) is 11.7 Å². The predicted octanol–water partition coefficient (Wildman–Crippen LogP) is 1.06. The Morgan fingerprint density at radius 3 is 2.93 bits per heavy atom. The van der Waals surface area contributed by atoms with E-state index in [0.29, 0.717) is 11.5 Å². The van der Waals surface area contributed by atoms with Gasteiger partial charge in [-0.25, -0.2) is 14.9 Å². The SMILES string of the molecule is O=c1[nH]nc(-c2nc[nH]c2Br)n1C1CC1. The van der Waals surface area contributed by atoms with Gasteiger partial charge >= 0.3 is 5.69 Å². The van der Waals surface area contributed by atoms with Gasteiger partial charge < -0.3 is 4.98 Å². The van der Waals surface area contributed by atoms with Gasteiger partial charge in [-0.15, -0.1) is 0 Å². The van der Waals surface area contributed by atoms with Crippen LogP contribution in [0, 0.1) is 0 Å². The Hall–Kier alpha value is -1.37. The van der Waals surface area contributed by atoms with Gasteiger partial charge in [0.2, 0.25) is 0 Å². The fourth-order valence-corrected chi connectivity index (χ4v) is 1.96. The molecule has 1 saturated carbocycles. The van der Waals surface area contributed by atoms with Gasteiger partial charge in [-0.3, -0.25) is 4.57 Å². The summed E-state index contributed by atoms with van der Waals surface area (Å²) in [6.45, 7) is 0. The van der Waals surface area contributed by atoms with Crippen molar-refractivity contribution in [1.29, 1.82) is 0 Å². The second-order valence-corrected chi connectivity index (χ2v) is 4.31. The van der Waals surface area contributed by atoms with Crippen LogP contribution in [0.2, 0.25) is 0 Å². The molecule has 0 saturated heterocycles. The van der Waals surface area contributed by atoms with E-state index in [9.17, 15) is 4.79 Å². The van der Waals surface area contributed by atoms with E-state index in [0.717, 1.165) is 17.4 Å². The lowest BCUT2D eigenvalue weighted by molar-refractivity contribution is 0.715. The monoisotopic (exact) mass is 269 g/mol. The molecule has 0 spiro atoms. The molecule has 3 rings (SSSR count). The number of aromatic amines is 2. The van der Waals surface area contributed by atoms with E-state index in [2.05, 4.69) is 36.1 Å². The van der Waals surface area contributed by atoms with E-state index >= 15 is 0 Å². The molecular weight excluding hydrogens is 262 g/mol. The van der Waals surface area contributed by atoms with Gasteiger partial charge in [-0.05, 0) is 28.8 Å². The first-order valence-corrected chi connectivity index (χ1v) is 5.43. The van der Waals surface area contributed by atoms with Gasteiger partial charge in [0, 0.05) is 6.04 Å². The number of nitrogens with zero attached hydrogens (tertiary/aromatic N) is 3. The standard InChI is InChI=1S/C8H8BrN5O/c9-6-5(10-3-11-6)7-12-13-8(15)14(7)4-1-2-4/h3-4H,1-2H2,(H,10,11)(H,13,15). The highest BCUT2D eigenvalue weighted by Gasteiger charge is 2.30. The number of imidazole rings is 1. The highest BCUT2D eigenvalue weighted by molar-refractivity contribution is 9.10. The van der Waals surface area contributed by atoms with Crippen LogP contribution < -0.4 is 5.69 Å². The molecule has 2 aromatic heterocycles. The van der Waals surface area contributed by atoms with Crippen molar-refractivity contribution in [2.24, 2.45) is 0 Å². The highest BCUT2D eigenvalue weighted by atomic mass is 79.9. The summed E-state index contributed by atoms with van der Waals surface area (Å²) in [4.78, 5) is 18.5. The van der Waals surface area contributed by atoms with Crippen LogP contribution in [0.3, 0.4) is 0 Å². The lowest BCUT2D eigenvalue weighted by atomic mass is 10.4. The zero-order valence-corrected chi connectivity index (χ0v) is 9.28. The predicted molar refractivity (Wildman–Crippen MR) is 56.4 cm³/mol. The second-order valence-electron chi connectivity index (χ2n) is 3.52. The van der Waals surface area contributed by atoms with Crippen molar-refractivity contribution < 1.29 is 0 Å². The topological polar surface area (TPSA) is 79.4 Å². The quantitative estimate of drug-likeness (QED) is 0.856. The van der Waals surface area contributed by atoms with Crippen LogP contribution in [0.5, 0.6) is 0 Å². The number of halogens is 1. The minimum absolute atomic E-state index is 0.164. The summed E-state index contributed by atoms with van der Waals surface area (Å²) in [6, 6.07) is 0.287. The molecule has 0 atom stereocenters. The van der Waals surface area contributed by atoms with Crippen LogP contribution in [0.1, 0.15) is 18.9 Å². The Balaban J connectivity index is 2.20. The van der Waals surface area contributed by atoms with Gasteiger partial charge in [0.15, 0.2) is 5.82 Å². The molecule has 2 heterocycles. The molecule has 7 heteroatoms. The Morgan fingerprint density at radius 2 is 2.33 bits per heavy atom. The molecular formula is C8H8BrN5O. The van der Waals surface area contributed by atoms with E-state index < -0.39 is 0 Å². The van der Waals surface area contributed by atoms with Gasteiger partial charge in [-0.2, -0.15) is 5.10 Å². The summed E-state index contributed by atoms with van der Waals surface area (Å²) in [5.74, 6) is 0.593. The Bertz CT molecular complexity index is 549. The smallest absolute Gasteiger partial charge is 0.339 e. The molecule has 0 aliphatic heterocycles. The Labute approximate surface area is 92.9 Å². The molecule has 1 aliphatic rings. The number of hydrogen-bond acceptors (Lipinski definition) is 3. The van der Waals surface area contributed by atoms with Gasteiger partial charge in [0.05, 0.1) is 6.33 Å². The van der Waals surface area contributed by atoms with E-state index in [1.165, 1.54) is 0 Å². The maximum Gasteiger partial charge on any atom is 0.343 e. The van der Waals surface area contributed by atoms with Crippen molar-refractivity contribution in [2.45, 2.75) is 18.9 Å². The van der Waals surface area contributed by atoms with Crippen molar-refractivity contribution >= 4 is 15.9 Å². The van der Waals surface area contributed by atoms with Crippen LogP contribution in [0.4, 0.5) is 0 Å². The van der Waals surface area contributed by atoms with E-state index in [1.54, 1.807) is 10.9 Å². The minimum atomic E-state index is -0.164. The number of rotatable bonds is 2. The molecule has 0 unspecified atom stereocenters. The first-order valence-electron chi connectivity index (χ1n) is 4.63. The molecule has 15 heavy (non-hydrogen) atoms. The van der Waals surface area contributed by atoms with Crippen molar-refractivity contribution in [3.63, 3.8) is 0 Å². The summed E-state index contributed by atoms with van der Waals surface area (Å²) in [5, 5.41) is 6.45. The van der Waals surface area contributed by atoms with Crippen molar-refractivity contribution in [3.8, 4) is 11.5 Å². The summed E-state index contributed by atoms with van der Waals surface area (Å²) < 4.78 is 2.41. The van der Waals surface area contributed by atoms with Crippen LogP contribution >= 0.6 is 15.9 Å². The maximum atomic E-state index is 11.5. The Morgan fingerprint density at radius 1 is 1.53 bits per heavy atom. The molecule has 6 nitrogen and oxygen atoms in total. The normalized spacial score (nSPS) is 15.8. The van der Waals surface area contributed by atoms with Crippen LogP contribution in [-0.4, -0.2) is 24.7 Å². The molecule has 0 radical (unpaired) electrons. The second kappa shape index (κ2) is 3.06. The van der Waals surface area contributed by atoms with Crippen molar-refractivity contribution in [1.82, 2.24) is 24.7 Å². The zero-order valence-electron chi connectivity index (χ0n) is 7.70. The Kier molecular flexibility index (Phi) is 1.82. The molecule has 1 fully saturated rings. The molecule has 2 N–H and O–H groups in total. The third-order valence-electron chi connectivity index (χ3n) is 2.42. The molecule has 78 valence electrons. The largest absolute Gasteiger partial charge is 0.343 e. The van der Waals surface area contributed by atoms with Crippen LogP contribution in [0.25, 0.3) is 11.5 Å². The molecule has 0 bridgehead atoms. The maximum absolute atomic E-state index is 11.5. The van der Waals surface area contributed by atoms with Gasteiger partial charge in [0.1, 0.15) is 10.3 Å². The lowest BCUT2D eigenvalue weighted by Gasteiger charge is -2.00. The number of hydrogen-bond donors (Lipinski definition) is 2. The van der Waals surface area contributed by atoms with Gasteiger partial charge in [-0.1, -0.05) is 0 Å². The zero-order chi connectivity index (χ0) is 10.4. The number of H-pyrrole nitrogens is 2. The molecule has 0 aromatic carbocycles. The number of aromatic nitrogens is 5. The average molecular weight is 270 g/mol. The fourth-order valence-electron chi connectivity index (χ4n) is 1.58. The molecule has 2 aromatic rings. The summed E-state index contributed by atoms with van der Waals surface area (Å²) in [5.41, 5.74) is 0.502. The number of nitrogens with one attached hydrogen (secondary N) is 2. The van der Waals surface area contributed by atoms with Crippen molar-refractivity contribution in [3.05, 3.63) is 21.4 Å². The average Bonchev–Trinajstić information content (AvgIpc) is 2.85. The summed E-state index contributed by atoms with van der Waals surface area (Å²) >= 11 is 3.33.